The normalized spacial score (nSPS) is 10.8. The summed E-state index contributed by atoms with van der Waals surface area (Å²) >= 11 is 7.31. The van der Waals surface area contributed by atoms with E-state index in [2.05, 4.69) is 10.3 Å². The van der Waals surface area contributed by atoms with Crippen molar-refractivity contribution in [2.24, 2.45) is 0 Å². The van der Waals surface area contributed by atoms with Crippen molar-refractivity contribution in [2.45, 2.75) is 18.4 Å². The third kappa shape index (κ3) is 5.49. The summed E-state index contributed by atoms with van der Waals surface area (Å²) in [6.45, 7) is 2.05. The summed E-state index contributed by atoms with van der Waals surface area (Å²) in [4.78, 5) is 30.2. The summed E-state index contributed by atoms with van der Waals surface area (Å²) in [5.74, 6) is 0.598. The molecule has 4 aromatic rings. The van der Waals surface area contributed by atoms with E-state index in [1.165, 1.54) is 22.2 Å². The van der Waals surface area contributed by atoms with Crippen LogP contribution in [0.2, 0.25) is 5.02 Å². The summed E-state index contributed by atoms with van der Waals surface area (Å²) in [6.07, 6.45) is 1.71. The maximum Gasteiger partial charge on any atom is 0.258 e. The minimum Gasteiger partial charge on any atom is -0.485 e. The lowest BCUT2D eigenvalue weighted by molar-refractivity contribution is -0.113. The van der Waals surface area contributed by atoms with Gasteiger partial charge in [0.2, 0.25) is 5.91 Å². The Bertz CT molecular complexity index is 1320. The number of para-hydroxylation sites is 2. The maximum atomic E-state index is 12.4. The third-order valence-corrected chi connectivity index (χ3v) is 5.86. The van der Waals surface area contributed by atoms with Crippen LogP contribution in [-0.4, -0.2) is 21.0 Å². The molecule has 1 amide bonds. The number of hydrogen-bond donors (Lipinski definition) is 1. The molecule has 0 atom stereocenters. The average molecular weight is 466 g/mol. The first-order valence-corrected chi connectivity index (χ1v) is 11.2. The molecule has 6 nitrogen and oxygen atoms in total. The van der Waals surface area contributed by atoms with Crippen LogP contribution in [0.1, 0.15) is 11.3 Å². The lowest BCUT2D eigenvalue weighted by atomic mass is 10.3. The number of aromatic nitrogens is 2. The van der Waals surface area contributed by atoms with E-state index in [1.807, 2.05) is 43.3 Å². The molecule has 1 N–H and O–H groups in total. The average Bonchev–Trinajstić information content (AvgIpc) is 2.78. The summed E-state index contributed by atoms with van der Waals surface area (Å²) in [5.41, 5.74) is 2.48. The van der Waals surface area contributed by atoms with Crippen LogP contribution in [0.3, 0.4) is 0 Å². The Kier molecular flexibility index (Phi) is 6.78. The summed E-state index contributed by atoms with van der Waals surface area (Å²) in [7, 11) is 0. The number of halogens is 1. The third-order valence-electron chi connectivity index (χ3n) is 4.60. The van der Waals surface area contributed by atoms with Crippen molar-refractivity contribution in [2.75, 3.05) is 11.1 Å². The van der Waals surface area contributed by atoms with Gasteiger partial charge in [-0.2, -0.15) is 0 Å². The molecule has 162 valence electrons. The van der Waals surface area contributed by atoms with Crippen LogP contribution < -0.4 is 15.6 Å². The van der Waals surface area contributed by atoms with Crippen LogP contribution in [0.4, 0.5) is 5.69 Å². The number of nitrogens with one attached hydrogen (secondary N) is 1. The van der Waals surface area contributed by atoms with Crippen LogP contribution >= 0.6 is 23.4 Å². The fourth-order valence-corrected chi connectivity index (χ4v) is 3.87. The molecular formula is C24H20ClN3O3S. The fourth-order valence-electron chi connectivity index (χ4n) is 3.04. The number of benzene rings is 2. The van der Waals surface area contributed by atoms with Crippen LogP contribution in [0.15, 0.2) is 82.6 Å². The van der Waals surface area contributed by atoms with Gasteiger partial charge in [-0.3, -0.25) is 14.0 Å². The Labute approximate surface area is 194 Å². The van der Waals surface area contributed by atoms with Crippen molar-refractivity contribution in [1.29, 1.82) is 0 Å². The number of nitrogens with zero attached hydrogens (tertiary/aromatic N) is 2. The van der Waals surface area contributed by atoms with Crippen molar-refractivity contribution in [1.82, 2.24) is 9.38 Å². The molecule has 0 aliphatic heterocycles. The first kappa shape index (κ1) is 21.9. The SMILES string of the molecule is Cc1ccn2c(=O)cc(COc3ccccc3NC(=O)CSc3ccc(Cl)cc3)nc2c1. The summed E-state index contributed by atoms with van der Waals surface area (Å²) in [6, 6.07) is 19.7. The Hall–Kier alpha value is -3.29. The Balaban J connectivity index is 1.42. The lowest BCUT2D eigenvalue weighted by Crippen LogP contribution is -2.17. The number of carbonyl (C=O) groups is 1. The number of carbonyl (C=O) groups excluding carboxylic acids is 1. The minimum atomic E-state index is -0.172. The molecule has 2 aromatic carbocycles. The van der Waals surface area contributed by atoms with Gasteiger partial charge in [0.1, 0.15) is 18.0 Å². The number of pyridine rings is 1. The Morgan fingerprint density at radius 3 is 2.72 bits per heavy atom. The molecule has 0 fully saturated rings. The molecule has 0 unspecified atom stereocenters. The molecular weight excluding hydrogens is 446 g/mol. The molecule has 4 rings (SSSR count). The van der Waals surface area contributed by atoms with Gasteiger partial charge in [0, 0.05) is 22.2 Å². The van der Waals surface area contributed by atoms with Gasteiger partial charge in [0.15, 0.2) is 0 Å². The van der Waals surface area contributed by atoms with E-state index >= 15 is 0 Å². The van der Waals surface area contributed by atoms with E-state index in [1.54, 1.807) is 30.5 Å². The van der Waals surface area contributed by atoms with Crippen LogP contribution in [0.25, 0.3) is 5.65 Å². The van der Waals surface area contributed by atoms with Crippen molar-refractivity contribution >= 4 is 40.6 Å². The number of aryl methyl sites for hydroxylation is 1. The number of fused-ring (bicyclic) bond motifs is 1. The van der Waals surface area contributed by atoms with Gasteiger partial charge in [-0.05, 0) is 61.0 Å². The molecule has 0 aliphatic rings. The monoisotopic (exact) mass is 465 g/mol. The molecule has 0 saturated carbocycles. The van der Waals surface area contributed by atoms with E-state index in [9.17, 15) is 9.59 Å². The molecule has 8 heteroatoms. The van der Waals surface area contributed by atoms with Crippen LogP contribution in [0.5, 0.6) is 5.75 Å². The number of thioether (sulfide) groups is 1. The summed E-state index contributed by atoms with van der Waals surface area (Å²) in [5, 5.41) is 3.54. The standard InChI is InChI=1S/C24H20ClN3O3S/c1-16-10-11-28-22(12-16)26-18(13-24(28)30)14-31-21-5-3-2-4-20(21)27-23(29)15-32-19-8-6-17(25)7-9-19/h2-13H,14-15H2,1H3,(H,27,29). The predicted octanol–water partition coefficient (Wildman–Crippen LogP) is 4.97. The quantitative estimate of drug-likeness (QED) is 0.390. The van der Waals surface area contributed by atoms with Crippen molar-refractivity contribution in [3.63, 3.8) is 0 Å². The number of amides is 1. The highest BCUT2D eigenvalue weighted by Gasteiger charge is 2.10. The predicted molar refractivity (Wildman–Crippen MR) is 128 cm³/mol. The first-order valence-electron chi connectivity index (χ1n) is 9.87. The smallest absolute Gasteiger partial charge is 0.258 e. The van der Waals surface area contributed by atoms with Gasteiger partial charge in [0.25, 0.3) is 5.56 Å². The number of ether oxygens (including phenoxy) is 1. The summed E-state index contributed by atoms with van der Waals surface area (Å²) < 4.78 is 7.38. The molecule has 32 heavy (non-hydrogen) atoms. The van der Waals surface area contributed by atoms with Gasteiger partial charge in [-0.25, -0.2) is 4.98 Å². The van der Waals surface area contributed by atoms with Gasteiger partial charge in [0.05, 0.1) is 17.1 Å². The molecule has 0 bridgehead atoms. The molecule has 2 heterocycles. The van der Waals surface area contributed by atoms with Gasteiger partial charge in [-0.1, -0.05) is 23.7 Å². The number of hydrogen-bond acceptors (Lipinski definition) is 5. The first-order chi connectivity index (χ1) is 15.5. The minimum absolute atomic E-state index is 0.103. The van der Waals surface area contributed by atoms with Gasteiger partial charge < -0.3 is 10.1 Å². The highest BCUT2D eigenvalue weighted by molar-refractivity contribution is 8.00. The Morgan fingerprint density at radius 1 is 1.12 bits per heavy atom. The van der Waals surface area contributed by atoms with Crippen molar-refractivity contribution in [3.05, 3.63) is 99.6 Å². The zero-order chi connectivity index (χ0) is 22.5. The zero-order valence-corrected chi connectivity index (χ0v) is 18.8. The van der Waals surface area contributed by atoms with Crippen molar-refractivity contribution < 1.29 is 9.53 Å². The topological polar surface area (TPSA) is 72.7 Å². The fraction of sp³-hybridized carbons (Fsp3) is 0.125. The lowest BCUT2D eigenvalue weighted by Gasteiger charge is -2.12. The van der Waals surface area contributed by atoms with E-state index in [0.29, 0.717) is 27.8 Å². The maximum absolute atomic E-state index is 12.4. The Morgan fingerprint density at radius 2 is 1.91 bits per heavy atom. The van der Waals surface area contributed by atoms with E-state index in [0.717, 1.165) is 10.5 Å². The molecule has 2 aromatic heterocycles. The second-order valence-electron chi connectivity index (χ2n) is 7.09. The number of anilines is 1. The van der Waals surface area contributed by atoms with Gasteiger partial charge in [-0.15, -0.1) is 11.8 Å². The van der Waals surface area contributed by atoms with E-state index in [-0.39, 0.29) is 23.8 Å². The highest BCUT2D eigenvalue weighted by atomic mass is 35.5. The van der Waals surface area contributed by atoms with Crippen LogP contribution in [0, 0.1) is 6.92 Å². The number of rotatable bonds is 7. The zero-order valence-electron chi connectivity index (χ0n) is 17.2. The molecule has 0 spiro atoms. The molecule has 0 saturated heterocycles. The van der Waals surface area contributed by atoms with Crippen molar-refractivity contribution in [3.8, 4) is 5.75 Å². The molecule has 0 radical (unpaired) electrons. The molecule has 0 aliphatic carbocycles. The second kappa shape index (κ2) is 9.89. The van der Waals surface area contributed by atoms with Gasteiger partial charge >= 0.3 is 0 Å². The van der Waals surface area contributed by atoms with E-state index in [4.69, 9.17) is 16.3 Å². The second-order valence-corrected chi connectivity index (χ2v) is 8.58. The van der Waals surface area contributed by atoms with E-state index < -0.39 is 0 Å². The van der Waals surface area contributed by atoms with Crippen LogP contribution in [-0.2, 0) is 11.4 Å². The highest BCUT2D eigenvalue weighted by Crippen LogP contribution is 2.26. The largest absolute Gasteiger partial charge is 0.485 e.